The highest BCUT2D eigenvalue weighted by atomic mass is 32.2. The Morgan fingerprint density at radius 1 is 1.16 bits per heavy atom. The average Bonchev–Trinajstić information content (AvgIpc) is 3.18. The van der Waals surface area contributed by atoms with E-state index in [9.17, 15) is 13.2 Å². The number of carbonyl (C=O) groups is 1. The number of hydrogen-bond acceptors (Lipinski definition) is 5. The summed E-state index contributed by atoms with van der Waals surface area (Å²) in [5, 5.41) is 1.75. The fourth-order valence-corrected chi connectivity index (χ4v) is 5.36. The van der Waals surface area contributed by atoms with Crippen LogP contribution < -0.4 is 5.48 Å². The van der Waals surface area contributed by atoms with Gasteiger partial charge in [0, 0.05) is 19.0 Å². The first-order chi connectivity index (χ1) is 12.1. The fourth-order valence-electron chi connectivity index (χ4n) is 2.74. The molecule has 1 N–H and O–H groups in total. The highest BCUT2D eigenvalue weighted by molar-refractivity contribution is 7.91. The number of hydroxylamine groups is 1. The minimum atomic E-state index is -3.43. The van der Waals surface area contributed by atoms with Crippen LogP contribution in [0.15, 0.2) is 52.1 Å². The van der Waals surface area contributed by atoms with E-state index in [0.717, 1.165) is 5.56 Å². The normalized spacial score (nSPS) is 16.6. The molecule has 6 nitrogen and oxygen atoms in total. The number of rotatable bonds is 6. The Bertz CT molecular complexity index is 783. The Morgan fingerprint density at radius 3 is 2.52 bits per heavy atom. The molecule has 0 atom stereocenters. The molecule has 1 saturated heterocycles. The Hall–Kier alpha value is -1.74. The van der Waals surface area contributed by atoms with E-state index in [1.54, 1.807) is 17.5 Å². The van der Waals surface area contributed by atoms with Crippen molar-refractivity contribution in [3.05, 3.63) is 53.4 Å². The molecule has 0 radical (unpaired) electrons. The zero-order valence-corrected chi connectivity index (χ0v) is 15.3. The van der Waals surface area contributed by atoms with Crippen molar-refractivity contribution >= 4 is 27.3 Å². The minimum Gasteiger partial charge on any atom is -0.272 e. The van der Waals surface area contributed by atoms with Crippen LogP contribution in [0, 0.1) is 5.92 Å². The largest absolute Gasteiger partial charge is 0.272 e. The van der Waals surface area contributed by atoms with Gasteiger partial charge in [-0.2, -0.15) is 4.31 Å². The van der Waals surface area contributed by atoms with E-state index in [-0.39, 0.29) is 11.8 Å². The number of sulfonamides is 1. The number of amides is 1. The van der Waals surface area contributed by atoms with Crippen LogP contribution in [-0.4, -0.2) is 31.7 Å². The van der Waals surface area contributed by atoms with Crippen LogP contribution in [-0.2, 0) is 26.3 Å². The number of piperidine rings is 1. The predicted molar refractivity (Wildman–Crippen MR) is 95.2 cm³/mol. The number of thiophene rings is 1. The van der Waals surface area contributed by atoms with E-state index >= 15 is 0 Å². The topological polar surface area (TPSA) is 75.7 Å². The molecule has 2 heterocycles. The molecule has 1 aromatic carbocycles. The standard InChI is InChI=1S/C17H20N2O4S2/c20-17(18-23-13-14-5-2-1-3-6-14)15-8-10-19(11-9-15)25(21,22)16-7-4-12-24-16/h1-7,12,15H,8-11,13H2,(H,18,20). The molecule has 3 rings (SSSR count). The van der Waals surface area contributed by atoms with Gasteiger partial charge in [0.2, 0.25) is 5.91 Å². The van der Waals surface area contributed by atoms with Gasteiger partial charge in [0.15, 0.2) is 0 Å². The smallest absolute Gasteiger partial charge is 0.252 e. The summed E-state index contributed by atoms with van der Waals surface area (Å²) in [5.41, 5.74) is 3.45. The molecule has 0 unspecified atom stereocenters. The van der Waals surface area contributed by atoms with Crippen molar-refractivity contribution in [1.29, 1.82) is 0 Å². The van der Waals surface area contributed by atoms with Crippen LogP contribution >= 0.6 is 11.3 Å². The third kappa shape index (κ3) is 4.46. The quantitative estimate of drug-likeness (QED) is 0.781. The first-order valence-electron chi connectivity index (χ1n) is 8.06. The second kappa shape index (κ2) is 8.09. The third-order valence-electron chi connectivity index (χ3n) is 4.17. The van der Waals surface area contributed by atoms with E-state index in [1.807, 2.05) is 30.3 Å². The number of hydrogen-bond donors (Lipinski definition) is 1. The lowest BCUT2D eigenvalue weighted by Gasteiger charge is -2.29. The molecule has 25 heavy (non-hydrogen) atoms. The van der Waals surface area contributed by atoms with Crippen LogP contribution in [0.2, 0.25) is 0 Å². The van der Waals surface area contributed by atoms with Gasteiger partial charge >= 0.3 is 0 Å². The van der Waals surface area contributed by atoms with Crippen LogP contribution in [0.4, 0.5) is 0 Å². The molecule has 1 aliphatic heterocycles. The maximum absolute atomic E-state index is 12.5. The van der Waals surface area contributed by atoms with Crippen molar-refractivity contribution in [1.82, 2.24) is 9.79 Å². The lowest BCUT2D eigenvalue weighted by atomic mass is 9.98. The molecule has 1 aliphatic rings. The van der Waals surface area contributed by atoms with Gasteiger partial charge in [-0.25, -0.2) is 13.9 Å². The molecule has 0 saturated carbocycles. The highest BCUT2D eigenvalue weighted by Crippen LogP contribution is 2.26. The summed E-state index contributed by atoms with van der Waals surface area (Å²) in [5.74, 6) is -0.422. The first-order valence-corrected chi connectivity index (χ1v) is 10.4. The fraction of sp³-hybridized carbons (Fsp3) is 0.353. The molecule has 1 amide bonds. The Labute approximate surface area is 151 Å². The van der Waals surface area contributed by atoms with E-state index in [1.165, 1.54) is 15.6 Å². The van der Waals surface area contributed by atoms with Crippen molar-refractivity contribution in [2.24, 2.45) is 5.92 Å². The zero-order valence-electron chi connectivity index (χ0n) is 13.6. The van der Waals surface area contributed by atoms with Gasteiger partial charge in [0.05, 0.1) is 6.61 Å². The SMILES string of the molecule is O=C(NOCc1ccccc1)C1CCN(S(=O)(=O)c2cccs2)CC1. The lowest BCUT2D eigenvalue weighted by molar-refractivity contribution is -0.140. The first kappa shape index (κ1) is 18.1. The van der Waals surface area contributed by atoms with Gasteiger partial charge in [0.25, 0.3) is 10.0 Å². The second-order valence-electron chi connectivity index (χ2n) is 5.85. The van der Waals surface area contributed by atoms with Crippen molar-refractivity contribution < 1.29 is 18.0 Å². The molecule has 0 bridgehead atoms. The van der Waals surface area contributed by atoms with Gasteiger partial charge in [-0.1, -0.05) is 36.4 Å². The Morgan fingerprint density at radius 2 is 1.88 bits per heavy atom. The van der Waals surface area contributed by atoms with Crippen LogP contribution in [0.3, 0.4) is 0 Å². The van der Waals surface area contributed by atoms with Gasteiger partial charge < -0.3 is 0 Å². The molecular weight excluding hydrogens is 360 g/mol. The summed E-state index contributed by atoms with van der Waals surface area (Å²) >= 11 is 1.21. The number of carbonyl (C=O) groups excluding carboxylic acids is 1. The molecule has 2 aromatic rings. The zero-order chi connectivity index (χ0) is 17.7. The van der Waals surface area contributed by atoms with Crippen molar-refractivity contribution in [2.75, 3.05) is 13.1 Å². The summed E-state index contributed by atoms with van der Waals surface area (Å²) in [6, 6.07) is 12.9. The van der Waals surface area contributed by atoms with Crippen molar-refractivity contribution in [3.63, 3.8) is 0 Å². The van der Waals surface area contributed by atoms with E-state index < -0.39 is 10.0 Å². The average molecular weight is 380 g/mol. The minimum absolute atomic E-state index is 0.191. The molecule has 1 fully saturated rings. The highest BCUT2D eigenvalue weighted by Gasteiger charge is 2.32. The van der Waals surface area contributed by atoms with Crippen molar-refractivity contribution in [2.45, 2.75) is 23.7 Å². The van der Waals surface area contributed by atoms with E-state index in [0.29, 0.717) is 36.7 Å². The van der Waals surface area contributed by atoms with Crippen molar-refractivity contribution in [3.8, 4) is 0 Å². The number of benzene rings is 1. The number of nitrogens with one attached hydrogen (secondary N) is 1. The monoisotopic (exact) mass is 380 g/mol. The summed E-state index contributed by atoms with van der Waals surface area (Å²) < 4.78 is 26.7. The molecule has 134 valence electrons. The Balaban J connectivity index is 1.46. The summed E-state index contributed by atoms with van der Waals surface area (Å²) in [4.78, 5) is 17.4. The third-order valence-corrected chi connectivity index (χ3v) is 7.44. The summed E-state index contributed by atoms with van der Waals surface area (Å²) in [6.45, 7) is 0.992. The van der Waals surface area contributed by atoms with Crippen LogP contribution in [0.25, 0.3) is 0 Å². The maximum Gasteiger partial charge on any atom is 0.252 e. The number of nitrogens with zero attached hydrogens (tertiary/aromatic N) is 1. The van der Waals surface area contributed by atoms with Gasteiger partial charge in [-0.05, 0) is 29.9 Å². The maximum atomic E-state index is 12.5. The Kier molecular flexibility index (Phi) is 5.85. The van der Waals surface area contributed by atoms with Crippen LogP contribution in [0.1, 0.15) is 18.4 Å². The second-order valence-corrected chi connectivity index (χ2v) is 8.96. The van der Waals surface area contributed by atoms with Gasteiger partial charge in [-0.15, -0.1) is 11.3 Å². The van der Waals surface area contributed by atoms with E-state index in [4.69, 9.17) is 4.84 Å². The van der Waals surface area contributed by atoms with Crippen LogP contribution in [0.5, 0.6) is 0 Å². The van der Waals surface area contributed by atoms with E-state index in [2.05, 4.69) is 5.48 Å². The van der Waals surface area contributed by atoms with Gasteiger partial charge in [-0.3, -0.25) is 9.63 Å². The molecular formula is C17H20N2O4S2. The molecule has 1 aromatic heterocycles. The van der Waals surface area contributed by atoms with Gasteiger partial charge in [0.1, 0.15) is 4.21 Å². The molecule has 0 spiro atoms. The molecule has 0 aliphatic carbocycles. The predicted octanol–water partition coefficient (Wildman–Crippen LogP) is 2.40. The lowest BCUT2D eigenvalue weighted by Crippen LogP contribution is -2.42. The molecule has 8 heteroatoms. The summed E-state index contributed by atoms with van der Waals surface area (Å²) in [7, 11) is -3.43. The summed E-state index contributed by atoms with van der Waals surface area (Å²) in [6.07, 6.45) is 0.982.